The Labute approximate surface area is 129 Å². The fourth-order valence-electron chi connectivity index (χ4n) is 3.55. The van der Waals surface area contributed by atoms with Crippen molar-refractivity contribution in [3.8, 4) is 0 Å². The predicted molar refractivity (Wildman–Crippen MR) is 85.0 cm³/mol. The molecule has 4 nitrogen and oxygen atoms in total. The van der Waals surface area contributed by atoms with Crippen LogP contribution in [-0.4, -0.2) is 31.2 Å². The van der Waals surface area contributed by atoms with E-state index in [0.29, 0.717) is 37.6 Å². The third kappa shape index (κ3) is 6.79. The number of carbonyl (C=O) groups excluding carboxylic acids is 1. The molecule has 0 bridgehead atoms. The van der Waals surface area contributed by atoms with Crippen LogP contribution in [0.2, 0.25) is 0 Å². The molecule has 0 saturated heterocycles. The van der Waals surface area contributed by atoms with Crippen molar-refractivity contribution in [2.45, 2.75) is 82.8 Å². The summed E-state index contributed by atoms with van der Waals surface area (Å²) >= 11 is 0. The number of nitrogens with two attached hydrogens (primary N) is 1. The van der Waals surface area contributed by atoms with Gasteiger partial charge in [0.2, 0.25) is 5.91 Å². The van der Waals surface area contributed by atoms with Gasteiger partial charge in [0.05, 0.1) is 12.7 Å². The molecule has 0 radical (unpaired) electrons. The molecule has 2 aliphatic rings. The molecular formula is C17H32N2O2. The SMILES string of the molecule is NC1CCC(CCC(=O)NCCOC2CCCCC2)CC1. The first kappa shape index (κ1) is 16.8. The number of ether oxygens (including phenoxy) is 1. The Balaban J connectivity index is 1.45. The lowest BCUT2D eigenvalue weighted by atomic mass is 9.84. The van der Waals surface area contributed by atoms with E-state index in [9.17, 15) is 4.79 Å². The van der Waals surface area contributed by atoms with Gasteiger partial charge in [0.1, 0.15) is 0 Å². The fraction of sp³-hybridized carbons (Fsp3) is 0.941. The highest BCUT2D eigenvalue weighted by Gasteiger charge is 2.19. The zero-order valence-corrected chi connectivity index (χ0v) is 13.3. The number of rotatable bonds is 7. The highest BCUT2D eigenvalue weighted by atomic mass is 16.5. The van der Waals surface area contributed by atoms with Gasteiger partial charge in [-0.05, 0) is 50.9 Å². The van der Waals surface area contributed by atoms with Crippen molar-refractivity contribution < 1.29 is 9.53 Å². The van der Waals surface area contributed by atoms with Gasteiger partial charge in [0.25, 0.3) is 0 Å². The van der Waals surface area contributed by atoms with E-state index in [1.807, 2.05) is 0 Å². The summed E-state index contributed by atoms with van der Waals surface area (Å²) in [7, 11) is 0. The van der Waals surface area contributed by atoms with Crippen molar-refractivity contribution in [2.24, 2.45) is 11.7 Å². The van der Waals surface area contributed by atoms with Crippen LogP contribution in [0.15, 0.2) is 0 Å². The van der Waals surface area contributed by atoms with E-state index in [1.165, 1.54) is 44.9 Å². The van der Waals surface area contributed by atoms with Crippen molar-refractivity contribution >= 4 is 5.91 Å². The van der Waals surface area contributed by atoms with Gasteiger partial charge in [0, 0.05) is 19.0 Å². The van der Waals surface area contributed by atoms with E-state index in [0.717, 1.165) is 19.3 Å². The van der Waals surface area contributed by atoms with Crippen molar-refractivity contribution in [1.29, 1.82) is 0 Å². The van der Waals surface area contributed by atoms with Gasteiger partial charge >= 0.3 is 0 Å². The van der Waals surface area contributed by atoms with Gasteiger partial charge in [-0.25, -0.2) is 0 Å². The Kier molecular flexibility index (Phi) is 7.51. The monoisotopic (exact) mass is 296 g/mol. The summed E-state index contributed by atoms with van der Waals surface area (Å²) in [5.41, 5.74) is 5.90. The van der Waals surface area contributed by atoms with Crippen LogP contribution in [0.4, 0.5) is 0 Å². The molecule has 2 saturated carbocycles. The van der Waals surface area contributed by atoms with Crippen LogP contribution in [0.1, 0.15) is 70.6 Å². The lowest BCUT2D eigenvalue weighted by Crippen LogP contribution is -2.30. The van der Waals surface area contributed by atoms with Gasteiger partial charge in [-0.15, -0.1) is 0 Å². The van der Waals surface area contributed by atoms with E-state index >= 15 is 0 Å². The second-order valence-electron chi connectivity index (χ2n) is 6.80. The van der Waals surface area contributed by atoms with Crippen LogP contribution in [-0.2, 0) is 9.53 Å². The molecule has 0 unspecified atom stereocenters. The molecule has 0 aliphatic heterocycles. The molecule has 2 fully saturated rings. The molecule has 122 valence electrons. The molecule has 0 spiro atoms. The number of amides is 1. The zero-order chi connectivity index (χ0) is 14.9. The topological polar surface area (TPSA) is 64.4 Å². The molecular weight excluding hydrogens is 264 g/mol. The number of carbonyl (C=O) groups is 1. The van der Waals surface area contributed by atoms with Gasteiger partial charge in [-0.2, -0.15) is 0 Å². The molecule has 0 aromatic carbocycles. The third-order valence-electron chi connectivity index (χ3n) is 5.00. The summed E-state index contributed by atoms with van der Waals surface area (Å²) in [5.74, 6) is 0.881. The predicted octanol–water partition coefficient (Wildman–Crippen LogP) is 2.75. The van der Waals surface area contributed by atoms with Crippen LogP contribution in [0.3, 0.4) is 0 Å². The first-order valence-corrected chi connectivity index (χ1v) is 8.88. The van der Waals surface area contributed by atoms with Crippen LogP contribution in [0, 0.1) is 5.92 Å². The molecule has 2 rings (SSSR count). The Morgan fingerprint density at radius 3 is 2.48 bits per heavy atom. The van der Waals surface area contributed by atoms with Crippen LogP contribution in [0.25, 0.3) is 0 Å². The van der Waals surface area contributed by atoms with Crippen molar-refractivity contribution in [1.82, 2.24) is 5.32 Å². The summed E-state index contributed by atoms with van der Waals surface area (Å²) in [6.07, 6.45) is 13.1. The maximum atomic E-state index is 11.8. The average Bonchev–Trinajstić information content (AvgIpc) is 2.52. The Morgan fingerprint density at radius 2 is 1.76 bits per heavy atom. The largest absolute Gasteiger partial charge is 0.376 e. The van der Waals surface area contributed by atoms with E-state index < -0.39 is 0 Å². The fourth-order valence-corrected chi connectivity index (χ4v) is 3.55. The molecule has 0 heterocycles. The number of hydrogen-bond donors (Lipinski definition) is 2. The summed E-state index contributed by atoms with van der Waals surface area (Å²) in [6.45, 7) is 1.32. The second-order valence-corrected chi connectivity index (χ2v) is 6.80. The minimum Gasteiger partial charge on any atom is -0.376 e. The molecule has 2 aliphatic carbocycles. The van der Waals surface area contributed by atoms with Gasteiger partial charge in [-0.1, -0.05) is 19.3 Å². The molecule has 4 heteroatoms. The lowest BCUT2D eigenvalue weighted by molar-refractivity contribution is -0.121. The molecule has 0 aromatic rings. The lowest BCUT2D eigenvalue weighted by Gasteiger charge is -2.25. The normalized spacial score (nSPS) is 27.5. The van der Waals surface area contributed by atoms with E-state index in [-0.39, 0.29) is 5.91 Å². The molecule has 0 atom stereocenters. The zero-order valence-electron chi connectivity index (χ0n) is 13.3. The third-order valence-corrected chi connectivity index (χ3v) is 5.00. The summed E-state index contributed by atoms with van der Waals surface area (Å²) in [5, 5.41) is 2.98. The summed E-state index contributed by atoms with van der Waals surface area (Å²) < 4.78 is 5.81. The van der Waals surface area contributed by atoms with Crippen LogP contribution < -0.4 is 11.1 Å². The first-order chi connectivity index (χ1) is 10.2. The second kappa shape index (κ2) is 9.42. The van der Waals surface area contributed by atoms with Crippen molar-refractivity contribution in [3.63, 3.8) is 0 Å². The van der Waals surface area contributed by atoms with E-state index in [1.54, 1.807) is 0 Å². The van der Waals surface area contributed by atoms with Gasteiger partial charge < -0.3 is 15.8 Å². The quantitative estimate of drug-likeness (QED) is 0.710. The van der Waals surface area contributed by atoms with Crippen LogP contribution >= 0.6 is 0 Å². The molecule has 0 aromatic heterocycles. The number of nitrogens with one attached hydrogen (secondary N) is 1. The van der Waals surface area contributed by atoms with Crippen LogP contribution in [0.5, 0.6) is 0 Å². The Bertz CT molecular complexity index is 295. The molecule has 3 N–H and O–H groups in total. The maximum absolute atomic E-state index is 11.8. The van der Waals surface area contributed by atoms with Gasteiger partial charge in [-0.3, -0.25) is 4.79 Å². The average molecular weight is 296 g/mol. The molecule has 21 heavy (non-hydrogen) atoms. The first-order valence-electron chi connectivity index (χ1n) is 8.88. The summed E-state index contributed by atoms with van der Waals surface area (Å²) in [4.78, 5) is 11.8. The number of hydrogen-bond acceptors (Lipinski definition) is 3. The van der Waals surface area contributed by atoms with E-state index in [2.05, 4.69) is 5.32 Å². The minimum absolute atomic E-state index is 0.178. The summed E-state index contributed by atoms with van der Waals surface area (Å²) in [6, 6.07) is 0.395. The standard InChI is InChI=1S/C17H32N2O2/c18-15-9-6-14(7-10-15)8-11-17(20)19-12-13-21-16-4-2-1-3-5-16/h14-16H,1-13,18H2,(H,19,20). The highest BCUT2D eigenvalue weighted by molar-refractivity contribution is 5.75. The van der Waals surface area contributed by atoms with Crippen molar-refractivity contribution in [2.75, 3.05) is 13.2 Å². The van der Waals surface area contributed by atoms with E-state index in [4.69, 9.17) is 10.5 Å². The maximum Gasteiger partial charge on any atom is 0.220 e. The smallest absolute Gasteiger partial charge is 0.220 e. The minimum atomic E-state index is 0.178. The Hall–Kier alpha value is -0.610. The van der Waals surface area contributed by atoms with Gasteiger partial charge in [0.15, 0.2) is 0 Å². The van der Waals surface area contributed by atoms with Crippen molar-refractivity contribution in [3.05, 3.63) is 0 Å². The Morgan fingerprint density at radius 1 is 1.05 bits per heavy atom. The highest BCUT2D eigenvalue weighted by Crippen LogP contribution is 2.26. The molecule has 1 amide bonds.